The molecule has 1 aromatic carbocycles. The summed E-state index contributed by atoms with van der Waals surface area (Å²) in [7, 11) is 0. The first-order valence-corrected chi connectivity index (χ1v) is 6.50. The summed E-state index contributed by atoms with van der Waals surface area (Å²) in [6.45, 7) is 5.13. The summed E-state index contributed by atoms with van der Waals surface area (Å²) in [5.41, 5.74) is 10.1. The maximum atomic E-state index is 6.22. The zero-order valence-corrected chi connectivity index (χ0v) is 11.1. The van der Waals surface area contributed by atoms with Gasteiger partial charge in [-0.05, 0) is 43.4 Å². The van der Waals surface area contributed by atoms with E-state index in [4.69, 9.17) is 5.73 Å². The molecule has 2 aromatic rings. The number of hydrogen-bond donors (Lipinski definition) is 1. The second-order valence-corrected chi connectivity index (χ2v) is 4.80. The van der Waals surface area contributed by atoms with E-state index < -0.39 is 0 Å². The van der Waals surface area contributed by atoms with E-state index in [-0.39, 0.29) is 6.04 Å². The monoisotopic (exact) mass is 243 g/mol. The van der Waals surface area contributed by atoms with Crippen LogP contribution in [-0.4, -0.2) is 15.8 Å². The van der Waals surface area contributed by atoms with Gasteiger partial charge < -0.3 is 5.73 Å². The van der Waals surface area contributed by atoms with Crippen molar-refractivity contribution in [1.29, 1.82) is 0 Å². The fourth-order valence-electron chi connectivity index (χ4n) is 2.18. The fourth-order valence-corrected chi connectivity index (χ4v) is 2.18. The van der Waals surface area contributed by atoms with Crippen molar-refractivity contribution in [3.63, 3.8) is 0 Å². The lowest BCUT2D eigenvalue weighted by molar-refractivity contribution is 0.650. The minimum Gasteiger partial charge on any atom is -0.327 e. The molecule has 3 nitrogen and oxygen atoms in total. The van der Waals surface area contributed by atoms with E-state index >= 15 is 0 Å². The van der Waals surface area contributed by atoms with Crippen LogP contribution in [0.15, 0.2) is 36.7 Å². The first-order valence-electron chi connectivity index (χ1n) is 6.50. The normalized spacial score (nSPS) is 12.6. The lowest BCUT2D eigenvalue weighted by Crippen LogP contribution is -2.25. The van der Waals surface area contributed by atoms with E-state index in [2.05, 4.69) is 49.4 Å². The molecule has 1 unspecified atom stereocenters. The molecule has 1 atom stereocenters. The summed E-state index contributed by atoms with van der Waals surface area (Å²) in [5, 5.41) is 4.27. The van der Waals surface area contributed by atoms with Crippen LogP contribution >= 0.6 is 0 Å². The number of nitrogens with two attached hydrogens (primary N) is 1. The molecule has 0 saturated heterocycles. The Balaban J connectivity index is 1.96. The maximum Gasteiger partial charge on any atom is 0.0522 e. The van der Waals surface area contributed by atoms with Gasteiger partial charge in [-0.1, -0.05) is 24.3 Å². The van der Waals surface area contributed by atoms with Gasteiger partial charge in [-0.15, -0.1) is 0 Å². The summed E-state index contributed by atoms with van der Waals surface area (Å²) in [5.74, 6) is 0. The molecular weight excluding hydrogens is 222 g/mol. The van der Waals surface area contributed by atoms with Crippen molar-refractivity contribution in [3.05, 3.63) is 53.3 Å². The molecule has 0 fully saturated rings. The Bertz CT molecular complexity index is 502. The highest BCUT2D eigenvalue weighted by molar-refractivity contribution is 5.26. The Morgan fingerprint density at radius 2 is 2.06 bits per heavy atom. The molecule has 96 valence electrons. The van der Waals surface area contributed by atoms with Gasteiger partial charge in [-0.2, -0.15) is 5.10 Å². The smallest absolute Gasteiger partial charge is 0.0522 e. The van der Waals surface area contributed by atoms with Crippen molar-refractivity contribution in [2.75, 3.05) is 0 Å². The number of nitrogens with zero attached hydrogens (tertiary/aromatic N) is 2. The van der Waals surface area contributed by atoms with E-state index in [0.29, 0.717) is 0 Å². The van der Waals surface area contributed by atoms with Crippen molar-refractivity contribution >= 4 is 0 Å². The van der Waals surface area contributed by atoms with Gasteiger partial charge in [0.05, 0.1) is 6.20 Å². The molecule has 1 heterocycles. The molecule has 0 amide bonds. The molecule has 0 saturated carbocycles. The van der Waals surface area contributed by atoms with E-state index in [1.54, 1.807) is 0 Å². The van der Waals surface area contributed by atoms with Crippen LogP contribution in [0.5, 0.6) is 0 Å². The Kier molecular flexibility index (Phi) is 4.15. The molecule has 0 bridgehead atoms. The zero-order chi connectivity index (χ0) is 13.0. The average molecular weight is 243 g/mol. The number of hydrogen-bond acceptors (Lipinski definition) is 2. The van der Waals surface area contributed by atoms with Crippen molar-refractivity contribution in [2.24, 2.45) is 5.73 Å². The van der Waals surface area contributed by atoms with Gasteiger partial charge >= 0.3 is 0 Å². The summed E-state index contributed by atoms with van der Waals surface area (Å²) in [6.07, 6.45) is 5.80. The number of rotatable bonds is 5. The Hall–Kier alpha value is -1.61. The lowest BCUT2D eigenvalue weighted by Gasteiger charge is -2.12. The van der Waals surface area contributed by atoms with Crippen molar-refractivity contribution in [3.8, 4) is 0 Å². The SMILES string of the molecule is CCn1cc(CC(N)Cc2ccccc2C)cn1. The fraction of sp³-hybridized carbons (Fsp3) is 0.400. The average Bonchev–Trinajstić information content (AvgIpc) is 2.80. The number of aryl methyl sites for hydroxylation is 2. The third kappa shape index (κ3) is 3.20. The van der Waals surface area contributed by atoms with Crippen molar-refractivity contribution < 1.29 is 0 Å². The first-order chi connectivity index (χ1) is 8.69. The van der Waals surface area contributed by atoms with Crippen LogP contribution in [0.2, 0.25) is 0 Å². The number of benzene rings is 1. The quantitative estimate of drug-likeness (QED) is 0.876. The largest absolute Gasteiger partial charge is 0.327 e. The zero-order valence-electron chi connectivity index (χ0n) is 11.1. The van der Waals surface area contributed by atoms with Gasteiger partial charge in [0.2, 0.25) is 0 Å². The van der Waals surface area contributed by atoms with Gasteiger partial charge in [0.1, 0.15) is 0 Å². The van der Waals surface area contributed by atoms with Crippen LogP contribution in [0, 0.1) is 6.92 Å². The Morgan fingerprint density at radius 1 is 1.28 bits per heavy atom. The molecular formula is C15H21N3. The summed E-state index contributed by atoms with van der Waals surface area (Å²) >= 11 is 0. The highest BCUT2D eigenvalue weighted by Gasteiger charge is 2.08. The molecule has 0 aliphatic carbocycles. The minimum atomic E-state index is 0.153. The Labute approximate surface area is 109 Å². The third-order valence-corrected chi connectivity index (χ3v) is 3.25. The molecule has 2 N–H and O–H groups in total. The van der Waals surface area contributed by atoms with Gasteiger partial charge in [-0.3, -0.25) is 4.68 Å². The van der Waals surface area contributed by atoms with Crippen LogP contribution < -0.4 is 5.73 Å². The highest BCUT2D eigenvalue weighted by atomic mass is 15.3. The van der Waals surface area contributed by atoms with Gasteiger partial charge in [-0.25, -0.2) is 0 Å². The molecule has 18 heavy (non-hydrogen) atoms. The minimum absolute atomic E-state index is 0.153. The molecule has 0 aliphatic rings. The summed E-state index contributed by atoms with van der Waals surface area (Å²) in [4.78, 5) is 0. The van der Waals surface area contributed by atoms with Gasteiger partial charge in [0, 0.05) is 18.8 Å². The van der Waals surface area contributed by atoms with Crippen LogP contribution in [0.4, 0.5) is 0 Å². The summed E-state index contributed by atoms with van der Waals surface area (Å²) in [6, 6.07) is 8.59. The molecule has 0 spiro atoms. The van der Waals surface area contributed by atoms with Crippen LogP contribution in [0.1, 0.15) is 23.6 Å². The van der Waals surface area contributed by atoms with E-state index in [1.165, 1.54) is 16.7 Å². The van der Waals surface area contributed by atoms with Crippen molar-refractivity contribution in [2.45, 2.75) is 39.3 Å². The van der Waals surface area contributed by atoms with Crippen molar-refractivity contribution in [1.82, 2.24) is 9.78 Å². The van der Waals surface area contributed by atoms with Crippen LogP contribution in [0.3, 0.4) is 0 Å². The lowest BCUT2D eigenvalue weighted by atomic mass is 9.98. The predicted molar refractivity (Wildman–Crippen MR) is 74.5 cm³/mol. The predicted octanol–water partition coefficient (Wildman–Crippen LogP) is 2.32. The van der Waals surface area contributed by atoms with E-state index in [9.17, 15) is 0 Å². The van der Waals surface area contributed by atoms with E-state index in [1.807, 2.05) is 10.9 Å². The topological polar surface area (TPSA) is 43.8 Å². The van der Waals surface area contributed by atoms with Gasteiger partial charge in [0.25, 0.3) is 0 Å². The first kappa shape index (κ1) is 12.8. The highest BCUT2D eigenvalue weighted by Crippen LogP contribution is 2.11. The van der Waals surface area contributed by atoms with Crippen LogP contribution in [-0.2, 0) is 19.4 Å². The Morgan fingerprint density at radius 3 is 2.72 bits per heavy atom. The third-order valence-electron chi connectivity index (χ3n) is 3.25. The van der Waals surface area contributed by atoms with E-state index in [0.717, 1.165) is 19.4 Å². The molecule has 2 rings (SSSR count). The number of aromatic nitrogens is 2. The second-order valence-electron chi connectivity index (χ2n) is 4.80. The summed E-state index contributed by atoms with van der Waals surface area (Å²) < 4.78 is 1.94. The maximum absolute atomic E-state index is 6.22. The standard InChI is InChI=1S/C15H21N3/c1-3-18-11-13(10-17-18)8-15(16)9-14-7-5-4-6-12(14)2/h4-7,10-11,15H,3,8-9,16H2,1-2H3. The molecule has 0 radical (unpaired) electrons. The molecule has 0 aliphatic heterocycles. The van der Waals surface area contributed by atoms with Gasteiger partial charge in [0.15, 0.2) is 0 Å². The molecule has 3 heteroatoms. The van der Waals surface area contributed by atoms with Crippen LogP contribution in [0.25, 0.3) is 0 Å². The molecule has 1 aromatic heterocycles. The second kappa shape index (κ2) is 5.83.